The molecule has 0 saturated carbocycles. The van der Waals surface area contributed by atoms with Gasteiger partial charge in [-0.15, -0.1) is 11.3 Å². The summed E-state index contributed by atoms with van der Waals surface area (Å²) in [5, 5.41) is 8.72. The number of hydrogen-bond donors (Lipinski definition) is 1. The van der Waals surface area contributed by atoms with Gasteiger partial charge in [-0.05, 0) is 12.1 Å². The monoisotopic (exact) mass is 255 g/mol. The van der Waals surface area contributed by atoms with Crippen LogP contribution >= 0.6 is 22.9 Å². The van der Waals surface area contributed by atoms with Crippen molar-refractivity contribution in [3.8, 4) is 0 Å². The molecule has 6 heteroatoms. The maximum atomic E-state index is 12.2. The average molecular weight is 256 g/mol. The first-order valence-electron chi connectivity index (χ1n) is 4.47. The maximum Gasteiger partial charge on any atom is 0.251 e. The molecule has 1 heterocycles. The normalized spacial score (nSPS) is 11.6. The highest BCUT2D eigenvalue weighted by molar-refractivity contribution is 7.16. The van der Waals surface area contributed by atoms with E-state index in [1.807, 2.05) is 6.07 Å². The molecule has 15 heavy (non-hydrogen) atoms. The summed E-state index contributed by atoms with van der Waals surface area (Å²) in [4.78, 5) is 2.43. The lowest BCUT2D eigenvalue weighted by Gasteiger charge is -2.19. The van der Waals surface area contributed by atoms with E-state index < -0.39 is 6.43 Å². The molecular formula is C9H12ClF2NOS. The number of thiophene rings is 1. The van der Waals surface area contributed by atoms with Gasteiger partial charge >= 0.3 is 0 Å². The summed E-state index contributed by atoms with van der Waals surface area (Å²) >= 11 is 7.10. The third-order valence-corrected chi connectivity index (χ3v) is 3.04. The molecule has 0 spiro atoms. The van der Waals surface area contributed by atoms with Gasteiger partial charge < -0.3 is 5.11 Å². The second kappa shape index (κ2) is 6.37. The fraction of sp³-hybridized carbons (Fsp3) is 0.556. The maximum absolute atomic E-state index is 12.2. The van der Waals surface area contributed by atoms with Crippen molar-refractivity contribution in [2.24, 2.45) is 0 Å². The number of aliphatic hydroxyl groups is 1. The predicted octanol–water partition coefficient (Wildman–Crippen LogP) is 2.46. The smallest absolute Gasteiger partial charge is 0.251 e. The van der Waals surface area contributed by atoms with Crippen LogP contribution in [0.4, 0.5) is 8.78 Å². The molecule has 0 aromatic carbocycles. The van der Waals surface area contributed by atoms with Gasteiger partial charge in [0.15, 0.2) is 0 Å². The Labute approximate surface area is 96.1 Å². The van der Waals surface area contributed by atoms with Crippen LogP contribution in [0.1, 0.15) is 4.88 Å². The number of nitrogens with zero attached hydrogens (tertiary/aromatic N) is 1. The van der Waals surface area contributed by atoms with Crippen LogP contribution in [-0.2, 0) is 6.54 Å². The number of halogens is 3. The molecule has 1 aromatic heterocycles. The fourth-order valence-electron chi connectivity index (χ4n) is 1.23. The van der Waals surface area contributed by atoms with Crippen LogP contribution in [0.5, 0.6) is 0 Å². The molecular weight excluding hydrogens is 244 g/mol. The quantitative estimate of drug-likeness (QED) is 0.844. The van der Waals surface area contributed by atoms with Gasteiger partial charge in [-0.2, -0.15) is 0 Å². The van der Waals surface area contributed by atoms with Crippen molar-refractivity contribution in [3.05, 3.63) is 21.3 Å². The Hall–Kier alpha value is -0.230. The molecule has 0 saturated heterocycles. The van der Waals surface area contributed by atoms with E-state index in [-0.39, 0.29) is 19.7 Å². The van der Waals surface area contributed by atoms with Gasteiger partial charge in [-0.1, -0.05) is 11.6 Å². The highest BCUT2D eigenvalue weighted by Crippen LogP contribution is 2.22. The van der Waals surface area contributed by atoms with E-state index in [1.165, 1.54) is 16.2 Å². The Balaban J connectivity index is 2.50. The van der Waals surface area contributed by atoms with Gasteiger partial charge in [0.25, 0.3) is 6.43 Å². The topological polar surface area (TPSA) is 23.5 Å². The van der Waals surface area contributed by atoms with Crippen LogP contribution < -0.4 is 0 Å². The van der Waals surface area contributed by atoms with Crippen molar-refractivity contribution in [1.29, 1.82) is 0 Å². The Bertz CT molecular complexity index is 295. The van der Waals surface area contributed by atoms with E-state index in [9.17, 15) is 8.78 Å². The minimum absolute atomic E-state index is 0.119. The van der Waals surface area contributed by atoms with Gasteiger partial charge in [-0.3, -0.25) is 4.90 Å². The summed E-state index contributed by atoms with van der Waals surface area (Å²) in [6, 6.07) is 3.55. The first-order valence-corrected chi connectivity index (χ1v) is 5.67. The second-order valence-electron chi connectivity index (χ2n) is 3.06. The lowest BCUT2D eigenvalue weighted by atomic mass is 10.4. The van der Waals surface area contributed by atoms with Crippen molar-refractivity contribution in [1.82, 2.24) is 4.90 Å². The SMILES string of the molecule is OCCN(Cc1ccc(Cl)s1)CC(F)F. The molecule has 0 bridgehead atoms. The zero-order chi connectivity index (χ0) is 11.3. The van der Waals surface area contributed by atoms with E-state index in [4.69, 9.17) is 16.7 Å². The van der Waals surface area contributed by atoms with Gasteiger partial charge in [0.1, 0.15) is 0 Å². The van der Waals surface area contributed by atoms with Crippen LogP contribution in [0.25, 0.3) is 0 Å². The second-order valence-corrected chi connectivity index (χ2v) is 4.86. The highest BCUT2D eigenvalue weighted by Gasteiger charge is 2.12. The summed E-state index contributed by atoms with van der Waals surface area (Å²) < 4.78 is 25.0. The zero-order valence-corrected chi connectivity index (χ0v) is 9.57. The van der Waals surface area contributed by atoms with Crippen molar-refractivity contribution in [2.75, 3.05) is 19.7 Å². The molecule has 1 N–H and O–H groups in total. The Morgan fingerprint density at radius 1 is 1.47 bits per heavy atom. The third kappa shape index (κ3) is 4.88. The van der Waals surface area contributed by atoms with Gasteiger partial charge in [0, 0.05) is 18.0 Å². The number of alkyl halides is 2. The molecule has 86 valence electrons. The molecule has 1 aromatic rings. The fourth-order valence-corrected chi connectivity index (χ4v) is 2.36. The van der Waals surface area contributed by atoms with E-state index in [2.05, 4.69) is 0 Å². The molecule has 0 unspecified atom stereocenters. The van der Waals surface area contributed by atoms with Crippen LogP contribution in [0.15, 0.2) is 12.1 Å². The summed E-state index contributed by atoms with van der Waals surface area (Å²) in [6.45, 7) is 0.212. The summed E-state index contributed by atoms with van der Waals surface area (Å²) in [5.74, 6) is 0. The van der Waals surface area contributed by atoms with E-state index in [0.29, 0.717) is 10.9 Å². The lowest BCUT2D eigenvalue weighted by molar-refractivity contribution is 0.0751. The van der Waals surface area contributed by atoms with Crippen molar-refractivity contribution in [2.45, 2.75) is 13.0 Å². The van der Waals surface area contributed by atoms with E-state index in [1.54, 1.807) is 6.07 Å². The van der Waals surface area contributed by atoms with E-state index in [0.717, 1.165) is 4.88 Å². The Kier molecular flexibility index (Phi) is 5.45. The average Bonchev–Trinajstić information content (AvgIpc) is 2.50. The molecule has 0 aliphatic heterocycles. The Morgan fingerprint density at radius 3 is 2.67 bits per heavy atom. The van der Waals surface area contributed by atoms with Crippen LogP contribution in [0.3, 0.4) is 0 Å². The lowest BCUT2D eigenvalue weighted by Crippen LogP contribution is -2.30. The standard InChI is InChI=1S/C9H12ClF2NOS/c10-8-2-1-7(15-8)5-13(3-4-14)6-9(11)12/h1-2,9,14H,3-6H2. The number of aliphatic hydroxyl groups excluding tert-OH is 1. The van der Waals surface area contributed by atoms with Crippen molar-refractivity contribution >= 4 is 22.9 Å². The molecule has 1 rings (SSSR count). The van der Waals surface area contributed by atoms with E-state index >= 15 is 0 Å². The molecule has 0 fully saturated rings. The van der Waals surface area contributed by atoms with Crippen LogP contribution in [-0.4, -0.2) is 36.1 Å². The molecule has 0 aliphatic carbocycles. The summed E-state index contributed by atoms with van der Waals surface area (Å²) in [6.07, 6.45) is -2.38. The largest absolute Gasteiger partial charge is 0.395 e. The van der Waals surface area contributed by atoms with Crippen molar-refractivity contribution in [3.63, 3.8) is 0 Å². The summed E-state index contributed by atoms with van der Waals surface area (Å²) in [7, 11) is 0. The minimum atomic E-state index is -2.38. The predicted molar refractivity (Wildman–Crippen MR) is 57.7 cm³/mol. The molecule has 0 aliphatic rings. The van der Waals surface area contributed by atoms with Gasteiger partial charge in [0.2, 0.25) is 0 Å². The first kappa shape index (κ1) is 12.8. The summed E-state index contributed by atoms with van der Waals surface area (Å²) in [5.41, 5.74) is 0. The zero-order valence-electron chi connectivity index (χ0n) is 8.00. The Morgan fingerprint density at radius 2 is 2.20 bits per heavy atom. The first-order chi connectivity index (χ1) is 7.11. The number of rotatable bonds is 6. The molecule has 2 nitrogen and oxygen atoms in total. The molecule has 0 atom stereocenters. The van der Waals surface area contributed by atoms with Crippen molar-refractivity contribution < 1.29 is 13.9 Å². The van der Waals surface area contributed by atoms with Gasteiger partial charge in [-0.25, -0.2) is 8.78 Å². The van der Waals surface area contributed by atoms with Gasteiger partial charge in [0.05, 0.1) is 17.5 Å². The number of hydrogen-bond acceptors (Lipinski definition) is 3. The third-order valence-electron chi connectivity index (χ3n) is 1.82. The minimum Gasteiger partial charge on any atom is -0.395 e. The highest BCUT2D eigenvalue weighted by atomic mass is 35.5. The molecule has 0 radical (unpaired) electrons. The van der Waals surface area contributed by atoms with Crippen LogP contribution in [0.2, 0.25) is 4.34 Å². The molecule has 0 amide bonds. The van der Waals surface area contributed by atoms with Crippen LogP contribution in [0, 0.1) is 0 Å².